The number of hydrogen-bond acceptors (Lipinski definition) is 3. The second kappa shape index (κ2) is 5.03. The first-order chi connectivity index (χ1) is 11.2. The first kappa shape index (κ1) is 14.2. The molecule has 4 rings (SSSR count). The first-order valence-corrected chi connectivity index (χ1v) is 8.01. The molecule has 0 unspecified atom stereocenters. The predicted octanol–water partition coefficient (Wildman–Crippen LogP) is 3.13. The Morgan fingerprint density at radius 1 is 1.13 bits per heavy atom. The molecule has 2 heterocycles. The van der Waals surface area contributed by atoms with Crippen LogP contribution in [-0.2, 0) is 5.60 Å². The van der Waals surface area contributed by atoms with Gasteiger partial charge in [-0.05, 0) is 24.6 Å². The van der Waals surface area contributed by atoms with E-state index in [9.17, 15) is 9.90 Å². The standard InChI is InChI=1S/C19H18N2O2/c1-2-3-12-19(23)14-9-5-7-11-16(14)21-17(22)13-8-4-6-10-15(13)20-18(19)21/h4-11,23H,2-3,12H2,1H3/t19-/m0/s1. The van der Waals surface area contributed by atoms with E-state index in [0.717, 1.165) is 24.1 Å². The third kappa shape index (κ3) is 1.88. The second-order valence-electron chi connectivity index (χ2n) is 6.07. The number of unbranched alkanes of at least 4 members (excludes halogenated alkanes) is 1. The molecule has 0 aliphatic carbocycles. The van der Waals surface area contributed by atoms with Crippen LogP contribution in [0, 0.1) is 0 Å². The molecule has 0 saturated heterocycles. The minimum Gasteiger partial charge on any atom is -0.377 e. The molecular formula is C19H18N2O2. The Labute approximate surface area is 134 Å². The lowest BCUT2D eigenvalue weighted by atomic mass is 9.89. The molecule has 116 valence electrons. The zero-order valence-electron chi connectivity index (χ0n) is 13.0. The van der Waals surface area contributed by atoms with Crippen LogP contribution in [0.3, 0.4) is 0 Å². The molecule has 0 fully saturated rings. The smallest absolute Gasteiger partial charge is 0.266 e. The van der Waals surface area contributed by atoms with E-state index >= 15 is 0 Å². The van der Waals surface area contributed by atoms with Crippen molar-refractivity contribution in [2.75, 3.05) is 0 Å². The van der Waals surface area contributed by atoms with Crippen molar-refractivity contribution >= 4 is 10.9 Å². The first-order valence-electron chi connectivity index (χ1n) is 8.01. The maximum atomic E-state index is 13.0. The zero-order valence-corrected chi connectivity index (χ0v) is 13.0. The summed E-state index contributed by atoms with van der Waals surface area (Å²) in [6.45, 7) is 2.09. The van der Waals surface area contributed by atoms with Crippen LogP contribution < -0.4 is 5.56 Å². The van der Waals surface area contributed by atoms with Gasteiger partial charge >= 0.3 is 0 Å². The molecule has 0 amide bonds. The molecule has 4 nitrogen and oxygen atoms in total. The topological polar surface area (TPSA) is 55.1 Å². The number of para-hydroxylation sites is 2. The summed E-state index contributed by atoms with van der Waals surface area (Å²) in [5.41, 5.74) is 0.824. The molecule has 23 heavy (non-hydrogen) atoms. The van der Waals surface area contributed by atoms with Crippen LogP contribution in [0.1, 0.15) is 37.6 Å². The number of hydrogen-bond donors (Lipinski definition) is 1. The zero-order chi connectivity index (χ0) is 16.0. The molecule has 0 radical (unpaired) electrons. The Morgan fingerprint density at radius 2 is 1.87 bits per heavy atom. The van der Waals surface area contributed by atoms with Gasteiger partial charge in [-0.2, -0.15) is 0 Å². The molecule has 1 N–H and O–H groups in total. The van der Waals surface area contributed by atoms with Gasteiger partial charge in [0.15, 0.2) is 5.82 Å². The molecule has 1 aliphatic heterocycles. The normalized spacial score (nSPS) is 18.9. The minimum absolute atomic E-state index is 0.120. The van der Waals surface area contributed by atoms with Crippen LogP contribution in [-0.4, -0.2) is 14.7 Å². The van der Waals surface area contributed by atoms with Crippen molar-refractivity contribution in [2.24, 2.45) is 0 Å². The van der Waals surface area contributed by atoms with Crippen LogP contribution in [0.25, 0.3) is 16.6 Å². The maximum Gasteiger partial charge on any atom is 0.266 e. The van der Waals surface area contributed by atoms with E-state index < -0.39 is 5.60 Å². The Bertz CT molecular complexity index is 961. The molecule has 1 atom stereocenters. The lowest BCUT2D eigenvalue weighted by molar-refractivity contribution is 0.0649. The second-order valence-corrected chi connectivity index (χ2v) is 6.07. The average Bonchev–Trinajstić information content (AvgIpc) is 2.84. The van der Waals surface area contributed by atoms with Crippen molar-refractivity contribution in [3.8, 4) is 5.69 Å². The monoisotopic (exact) mass is 306 g/mol. The summed E-state index contributed by atoms with van der Waals surface area (Å²) in [4.78, 5) is 17.6. The molecule has 2 aromatic carbocycles. The van der Waals surface area contributed by atoms with Crippen molar-refractivity contribution in [2.45, 2.75) is 31.8 Å². The molecule has 1 aliphatic rings. The van der Waals surface area contributed by atoms with Gasteiger partial charge in [0.1, 0.15) is 5.60 Å². The van der Waals surface area contributed by atoms with Crippen LogP contribution in [0.4, 0.5) is 0 Å². The quantitative estimate of drug-likeness (QED) is 0.809. The summed E-state index contributed by atoms with van der Waals surface area (Å²) in [6.07, 6.45) is 2.40. The molecule has 0 saturated carbocycles. The van der Waals surface area contributed by atoms with Gasteiger partial charge in [-0.1, -0.05) is 50.1 Å². The van der Waals surface area contributed by atoms with Gasteiger partial charge in [-0.3, -0.25) is 9.36 Å². The molecule has 3 aromatic rings. The number of nitrogens with zero attached hydrogens (tertiary/aromatic N) is 2. The van der Waals surface area contributed by atoms with Gasteiger partial charge in [0.2, 0.25) is 0 Å². The highest BCUT2D eigenvalue weighted by Crippen LogP contribution is 2.42. The summed E-state index contributed by atoms with van der Waals surface area (Å²) < 4.78 is 1.58. The summed E-state index contributed by atoms with van der Waals surface area (Å²) >= 11 is 0. The van der Waals surface area contributed by atoms with Crippen molar-refractivity contribution in [3.05, 3.63) is 70.3 Å². The van der Waals surface area contributed by atoms with Gasteiger partial charge in [0.25, 0.3) is 5.56 Å². The largest absolute Gasteiger partial charge is 0.377 e. The van der Waals surface area contributed by atoms with E-state index in [2.05, 4.69) is 11.9 Å². The van der Waals surface area contributed by atoms with Crippen LogP contribution in [0.2, 0.25) is 0 Å². The Hall–Kier alpha value is -2.46. The highest BCUT2D eigenvalue weighted by Gasteiger charge is 2.43. The molecular weight excluding hydrogens is 288 g/mol. The van der Waals surface area contributed by atoms with Crippen LogP contribution in [0.15, 0.2) is 53.3 Å². The van der Waals surface area contributed by atoms with Gasteiger partial charge < -0.3 is 5.11 Å². The Kier molecular flexibility index (Phi) is 3.10. The lowest BCUT2D eigenvalue weighted by Gasteiger charge is -2.23. The van der Waals surface area contributed by atoms with E-state index in [0.29, 0.717) is 23.1 Å². The van der Waals surface area contributed by atoms with Crippen molar-refractivity contribution in [1.82, 2.24) is 9.55 Å². The van der Waals surface area contributed by atoms with Gasteiger partial charge in [0.05, 0.1) is 16.6 Å². The van der Waals surface area contributed by atoms with Gasteiger partial charge in [-0.15, -0.1) is 0 Å². The fourth-order valence-electron chi connectivity index (χ4n) is 3.45. The molecule has 4 heteroatoms. The summed E-state index contributed by atoms with van der Waals surface area (Å²) in [6, 6.07) is 14.8. The van der Waals surface area contributed by atoms with Crippen LogP contribution >= 0.6 is 0 Å². The third-order valence-electron chi connectivity index (χ3n) is 4.63. The number of benzene rings is 2. The number of aromatic nitrogens is 2. The number of aliphatic hydroxyl groups is 1. The van der Waals surface area contributed by atoms with E-state index in [1.54, 1.807) is 10.6 Å². The van der Waals surface area contributed by atoms with E-state index in [1.807, 2.05) is 42.5 Å². The van der Waals surface area contributed by atoms with E-state index in [4.69, 9.17) is 0 Å². The lowest BCUT2D eigenvalue weighted by Crippen LogP contribution is -2.30. The fraction of sp³-hybridized carbons (Fsp3) is 0.263. The average molecular weight is 306 g/mol. The third-order valence-corrected chi connectivity index (χ3v) is 4.63. The summed E-state index contributed by atoms with van der Waals surface area (Å²) in [5.74, 6) is 0.441. The highest BCUT2D eigenvalue weighted by atomic mass is 16.3. The molecule has 1 aromatic heterocycles. The minimum atomic E-state index is -1.20. The number of fused-ring (bicyclic) bond motifs is 4. The van der Waals surface area contributed by atoms with Crippen molar-refractivity contribution in [3.63, 3.8) is 0 Å². The van der Waals surface area contributed by atoms with E-state index in [-0.39, 0.29) is 5.56 Å². The highest BCUT2D eigenvalue weighted by molar-refractivity contribution is 5.78. The Morgan fingerprint density at radius 3 is 2.70 bits per heavy atom. The molecule has 0 spiro atoms. The van der Waals surface area contributed by atoms with Gasteiger partial charge in [-0.25, -0.2) is 4.98 Å². The molecule has 0 bridgehead atoms. The van der Waals surface area contributed by atoms with Gasteiger partial charge in [0, 0.05) is 5.56 Å². The summed E-state index contributed by atoms with van der Waals surface area (Å²) in [5, 5.41) is 12.0. The fourth-order valence-corrected chi connectivity index (χ4v) is 3.45. The predicted molar refractivity (Wildman–Crippen MR) is 89.9 cm³/mol. The number of rotatable bonds is 3. The van der Waals surface area contributed by atoms with Crippen LogP contribution in [0.5, 0.6) is 0 Å². The van der Waals surface area contributed by atoms with E-state index in [1.165, 1.54) is 0 Å². The summed E-state index contributed by atoms with van der Waals surface area (Å²) in [7, 11) is 0. The maximum absolute atomic E-state index is 13.0. The van der Waals surface area contributed by atoms with Crippen molar-refractivity contribution < 1.29 is 5.11 Å². The van der Waals surface area contributed by atoms with Crippen molar-refractivity contribution in [1.29, 1.82) is 0 Å². The Balaban J connectivity index is 2.10. The SMILES string of the molecule is CCCC[C@]1(O)c2ccccc2-n2c1nc1ccccc1c2=O.